The molecule has 2 rings (SSSR count). The van der Waals surface area contributed by atoms with Crippen molar-refractivity contribution in [3.63, 3.8) is 0 Å². The molecule has 1 aromatic rings. The van der Waals surface area contributed by atoms with Crippen LogP contribution in [0.15, 0.2) is 24.3 Å². The van der Waals surface area contributed by atoms with Crippen molar-refractivity contribution in [3.8, 4) is 5.75 Å². The minimum absolute atomic E-state index is 0.0946. The summed E-state index contributed by atoms with van der Waals surface area (Å²) in [5, 5.41) is 0. The summed E-state index contributed by atoms with van der Waals surface area (Å²) in [6.07, 6.45) is 1.06. The lowest BCUT2D eigenvalue weighted by atomic mass is 10.1. The van der Waals surface area contributed by atoms with Crippen LogP contribution in [0.1, 0.15) is 44.5 Å². The fraction of sp³-hybridized carbons (Fsp3) is 0.650. The summed E-state index contributed by atoms with van der Waals surface area (Å²) >= 11 is 0. The van der Waals surface area contributed by atoms with Gasteiger partial charge >= 0.3 is 0 Å². The van der Waals surface area contributed by atoms with Crippen LogP contribution in [-0.2, 0) is 4.74 Å². The quantitative estimate of drug-likeness (QED) is 0.677. The summed E-state index contributed by atoms with van der Waals surface area (Å²) in [5.41, 5.74) is 0.696. The van der Waals surface area contributed by atoms with E-state index < -0.39 is 0 Å². The molecule has 1 fully saturated rings. The first kappa shape index (κ1) is 19.7. The molecule has 1 aromatic carbocycles. The summed E-state index contributed by atoms with van der Waals surface area (Å²) in [7, 11) is 0. The fourth-order valence-electron chi connectivity index (χ4n) is 3.36. The fourth-order valence-corrected chi connectivity index (χ4v) is 3.36. The number of ether oxygens (including phenoxy) is 2. The smallest absolute Gasteiger partial charge is 0.254 e. The average Bonchev–Trinajstić information content (AvgIpc) is 2.64. The van der Waals surface area contributed by atoms with Crippen LogP contribution in [0.2, 0.25) is 0 Å². The van der Waals surface area contributed by atoms with Crippen molar-refractivity contribution < 1.29 is 14.3 Å². The molecule has 1 amide bonds. The molecule has 0 saturated carbocycles. The molecule has 140 valence electrons. The molecule has 0 aliphatic carbocycles. The number of hydrogen-bond donors (Lipinski definition) is 0. The lowest BCUT2D eigenvalue weighted by molar-refractivity contribution is 0.0371. The van der Waals surface area contributed by atoms with E-state index in [2.05, 4.69) is 25.7 Å². The lowest BCUT2D eigenvalue weighted by Crippen LogP contribution is -2.56. The van der Waals surface area contributed by atoms with Crippen LogP contribution in [0.5, 0.6) is 5.75 Å². The van der Waals surface area contributed by atoms with Crippen LogP contribution in [0.4, 0.5) is 0 Å². The summed E-state index contributed by atoms with van der Waals surface area (Å²) < 4.78 is 10.9. The van der Waals surface area contributed by atoms with Gasteiger partial charge in [-0.25, -0.2) is 0 Å². The molecule has 0 spiro atoms. The molecular weight excluding hydrogens is 316 g/mol. The second-order valence-electron chi connectivity index (χ2n) is 6.72. The number of rotatable bonds is 8. The number of amides is 1. The van der Waals surface area contributed by atoms with E-state index in [-0.39, 0.29) is 5.91 Å². The molecule has 1 heterocycles. The van der Waals surface area contributed by atoms with E-state index in [1.807, 2.05) is 36.1 Å². The summed E-state index contributed by atoms with van der Waals surface area (Å²) in [6, 6.07) is 8.42. The topological polar surface area (TPSA) is 42.0 Å². The Labute approximate surface area is 151 Å². The Morgan fingerprint density at radius 2 is 2.04 bits per heavy atom. The standard InChI is InChI=1S/C20H32N2O3/c1-5-18-15-21(10-11-22(18)16(3)4)20(23)17-8-7-9-19(14-17)25-13-12-24-6-2/h7-9,14,16,18H,5-6,10-13,15H2,1-4H3/t18-/m0/s1. The first-order valence-electron chi connectivity index (χ1n) is 9.42. The maximum atomic E-state index is 12.9. The van der Waals surface area contributed by atoms with Crippen molar-refractivity contribution in [1.29, 1.82) is 0 Å². The maximum Gasteiger partial charge on any atom is 0.254 e. The molecule has 5 heteroatoms. The second kappa shape index (κ2) is 9.78. The minimum atomic E-state index is 0.0946. The van der Waals surface area contributed by atoms with E-state index in [0.717, 1.165) is 31.8 Å². The maximum absolute atomic E-state index is 12.9. The first-order chi connectivity index (χ1) is 12.1. The summed E-state index contributed by atoms with van der Waals surface area (Å²) in [5.74, 6) is 0.815. The number of benzene rings is 1. The van der Waals surface area contributed by atoms with Gasteiger partial charge in [-0.1, -0.05) is 13.0 Å². The molecule has 0 N–H and O–H groups in total. The molecule has 0 radical (unpaired) electrons. The Balaban J connectivity index is 1.98. The normalized spacial score (nSPS) is 18.6. The molecule has 1 aliphatic heterocycles. The predicted molar refractivity (Wildman–Crippen MR) is 100 cm³/mol. The Bertz CT molecular complexity index is 547. The van der Waals surface area contributed by atoms with Crippen LogP contribution in [0.25, 0.3) is 0 Å². The van der Waals surface area contributed by atoms with Gasteiger partial charge in [-0.3, -0.25) is 9.69 Å². The molecule has 1 saturated heterocycles. The zero-order valence-corrected chi connectivity index (χ0v) is 16.0. The molecule has 0 unspecified atom stereocenters. The molecule has 1 aliphatic rings. The van der Waals surface area contributed by atoms with Gasteiger partial charge in [0.25, 0.3) is 5.91 Å². The third kappa shape index (κ3) is 5.44. The van der Waals surface area contributed by atoms with Crippen LogP contribution in [0.3, 0.4) is 0 Å². The summed E-state index contributed by atoms with van der Waals surface area (Å²) in [6.45, 7) is 12.9. The van der Waals surface area contributed by atoms with Crippen molar-refractivity contribution in [1.82, 2.24) is 9.80 Å². The van der Waals surface area contributed by atoms with Gasteiger partial charge in [-0.15, -0.1) is 0 Å². The van der Waals surface area contributed by atoms with Gasteiger partial charge < -0.3 is 14.4 Å². The van der Waals surface area contributed by atoms with Crippen LogP contribution in [0, 0.1) is 0 Å². The molecule has 1 atom stereocenters. The van der Waals surface area contributed by atoms with Crippen molar-refractivity contribution >= 4 is 5.91 Å². The largest absolute Gasteiger partial charge is 0.491 e. The SMILES string of the molecule is CCOCCOc1cccc(C(=O)N2CCN(C(C)C)[C@@H](CC)C2)c1. The zero-order valence-electron chi connectivity index (χ0n) is 16.0. The van der Waals surface area contributed by atoms with Crippen molar-refractivity contribution in [2.75, 3.05) is 39.5 Å². The molecule has 0 bridgehead atoms. The molecule has 25 heavy (non-hydrogen) atoms. The van der Waals surface area contributed by atoms with E-state index in [1.54, 1.807) is 0 Å². The van der Waals surface area contributed by atoms with Gasteiger partial charge in [0, 0.05) is 43.9 Å². The number of carbonyl (C=O) groups is 1. The number of piperazine rings is 1. The number of hydrogen-bond acceptors (Lipinski definition) is 4. The average molecular weight is 348 g/mol. The Hall–Kier alpha value is -1.59. The van der Waals surface area contributed by atoms with Gasteiger partial charge in [0.15, 0.2) is 0 Å². The Morgan fingerprint density at radius 1 is 1.24 bits per heavy atom. The first-order valence-corrected chi connectivity index (χ1v) is 9.42. The Kier molecular flexibility index (Phi) is 7.72. The molecule has 0 aromatic heterocycles. The number of nitrogens with zero attached hydrogens (tertiary/aromatic N) is 2. The van der Waals surface area contributed by atoms with Crippen LogP contribution < -0.4 is 4.74 Å². The van der Waals surface area contributed by atoms with E-state index in [4.69, 9.17) is 9.47 Å². The zero-order chi connectivity index (χ0) is 18.2. The van der Waals surface area contributed by atoms with Crippen molar-refractivity contribution in [3.05, 3.63) is 29.8 Å². The third-order valence-electron chi connectivity index (χ3n) is 4.73. The second-order valence-corrected chi connectivity index (χ2v) is 6.72. The number of carbonyl (C=O) groups excluding carboxylic acids is 1. The van der Waals surface area contributed by atoms with E-state index >= 15 is 0 Å². The highest BCUT2D eigenvalue weighted by molar-refractivity contribution is 5.94. The Morgan fingerprint density at radius 3 is 2.72 bits per heavy atom. The highest BCUT2D eigenvalue weighted by atomic mass is 16.5. The van der Waals surface area contributed by atoms with Crippen LogP contribution in [-0.4, -0.2) is 67.2 Å². The minimum Gasteiger partial charge on any atom is -0.491 e. The molecule has 5 nitrogen and oxygen atoms in total. The highest BCUT2D eigenvalue weighted by Gasteiger charge is 2.30. The van der Waals surface area contributed by atoms with Gasteiger partial charge in [-0.05, 0) is 45.4 Å². The van der Waals surface area contributed by atoms with E-state index in [1.165, 1.54) is 0 Å². The monoisotopic (exact) mass is 348 g/mol. The third-order valence-corrected chi connectivity index (χ3v) is 4.73. The van der Waals surface area contributed by atoms with E-state index in [0.29, 0.717) is 37.5 Å². The van der Waals surface area contributed by atoms with E-state index in [9.17, 15) is 4.79 Å². The van der Waals surface area contributed by atoms with Gasteiger partial charge in [0.1, 0.15) is 12.4 Å². The van der Waals surface area contributed by atoms with Gasteiger partial charge in [0.2, 0.25) is 0 Å². The van der Waals surface area contributed by atoms with Crippen molar-refractivity contribution in [2.24, 2.45) is 0 Å². The van der Waals surface area contributed by atoms with Gasteiger partial charge in [0.05, 0.1) is 6.61 Å². The lowest BCUT2D eigenvalue weighted by Gasteiger charge is -2.43. The highest BCUT2D eigenvalue weighted by Crippen LogP contribution is 2.20. The van der Waals surface area contributed by atoms with Crippen molar-refractivity contribution in [2.45, 2.75) is 46.2 Å². The van der Waals surface area contributed by atoms with Crippen LogP contribution >= 0.6 is 0 Å². The predicted octanol–water partition coefficient (Wildman–Crippen LogP) is 3.05. The summed E-state index contributed by atoms with van der Waals surface area (Å²) in [4.78, 5) is 17.4. The molecular formula is C20H32N2O3. The van der Waals surface area contributed by atoms with Gasteiger partial charge in [-0.2, -0.15) is 0 Å².